The van der Waals surface area contributed by atoms with Gasteiger partial charge in [-0.2, -0.15) is 13.2 Å². The first-order valence-corrected chi connectivity index (χ1v) is 4.87. The molecular formula is C9H15ClF3NO2. The van der Waals surface area contributed by atoms with Gasteiger partial charge in [-0.25, -0.2) is 0 Å². The fourth-order valence-electron chi connectivity index (χ4n) is 2.05. The predicted octanol–water partition coefficient (Wildman–Crippen LogP) is 2.19. The minimum Gasteiger partial charge on any atom is -0.480 e. The number of aliphatic carboxylic acids is 1. The normalized spacial score (nSPS) is 28.0. The van der Waals surface area contributed by atoms with Gasteiger partial charge in [0, 0.05) is 0 Å². The van der Waals surface area contributed by atoms with Crippen LogP contribution in [0.25, 0.3) is 0 Å². The van der Waals surface area contributed by atoms with Gasteiger partial charge in [0.15, 0.2) is 0 Å². The number of rotatable bonds is 2. The van der Waals surface area contributed by atoms with Gasteiger partial charge in [0.25, 0.3) is 0 Å². The van der Waals surface area contributed by atoms with Crippen molar-refractivity contribution in [2.75, 3.05) is 0 Å². The van der Waals surface area contributed by atoms with Crippen LogP contribution in [0.4, 0.5) is 13.2 Å². The van der Waals surface area contributed by atoms with Crippen molar-refractivity contribution in [3.63, 3.8) is 0 Å². The van der Waals surface area contributed by atoms with E-state index in [1.807, 2.05) is 0 Å². The Hall–Kier alpha value is -0.490. The van der Waals surface area contributed by atoms with E-state index in [0.29, 0.717) is 12.8 Å². The molecule has 7 heteroatoms. The molecule has 0 saturated heterocycles. The smallest absolute Gasteiger partial charge is 0.391 e. The third-order valence-corrected chi connectivity index (χ3v) is 2.97. The number of hydrogen-bond donors (Lipinski definition) is 2. The fourth-order valence-corrected chi connectivity index (χ4v) is 2.05. The molecule has 1 aliphatic carbocycles. The van der Waals surface area contributed by atoms with E-state index in [4.69, 9.17) is 10.8 Å². The molecule has 16 heavy (non-hydrogen) atoms. The first-order valence-electron chi connectivity index (χ1n) is 4.87. The molecule has 3 unspecified atom stereocenters. The molecule has 0 aromatic heterocycles. The molecule has 96 valence electrons. The van der Waals surface area contributed by atoms with E-state index >= 15 is 0 Å². The number of halogens is 4. The van der Waals surface area contributed by atoms with Crippen molar-refractivity contribution >= 4 is 18.4 Å². The van der Waals surface area contributed by atoms with Gasteiger partial charge in [0.1, 0.15) is 6.04 Å². The van der Waals surface area contributed by atoms with Crippen molar-refractivity contribution < 1.29 is 23.1 Å². The summed E-state index contributed by atoms with van der Waals surface area (Å²) in [6.07, 6.45) is -3.42. The summed E-state index contributed by atoms with van der Waals surface area (Å²) >= 11 is 0. The first kappa shape index (κ1) is 15.5. The molecule has 0 spiro atoms. The van der Waals surface area contributed by atoms with Crippen LogP contribution in [-0.4, -0.2) is 23.3 Å². The Balaban J connectivity index is 0.00000225. The van der Waals surface area contributed by atoms with E-state index in [1.165, 1.54) is 0 Å². The summed E-state index contributed by atoms with van der Waals surface area (Å²) in [7, 11) is 0. The molecule has 0 heterocycles. The maximum absolute atomic E-state index is 12.4. The fraction of sp³-hybridized carbons (Fsp3) is 0.889. The van der Waals surface area contributed by atoms with Crippen LogP contribution in [0, 0.1) is 11.8 Å². The van der Waals surface area contributed by atoms with Gasteiger partial charge in [-0.1, -0.05) is 6.42 Å². The highest BCUT2D eigenvalue weighted by Gasteiger charge is 2.43. The number of alkyl halides is 3. The van der Waals surface area contributed by atoms with Gasteiger partial charge >= 0.3 is 12.1 Å². The molecule has 0 aromatic carbocycles. The molecular weight excluding hydrogens is 247 g/mol. The van der Waals surface area contributed by atoms with E-state index in [0.717, 1.165) is 0 Å². The minimum atomic E-state index is -4.23. The van der Waals surface area contributed by atoms with Gasteiger partial charge in [0.2, 0.25) is 0 Å². The topological polar surface area (TPSA) is 63.3 Å². The van der Waals surface area contributed by atoms with Crippen molar-refractivity contribution in [2.45, 2.75) is 37.9 Å². The van der Waals surface area contributed by atoms with Gasteiger partial charge in [-0.15, -0.1) is 12.4 Å². The average molecular weight is 262 g/mol. The van der Waals surface area contributed by atoms with Crippen molar-refractivity contribution in [3.05, 3.63) is 0 Å². The molecule has 1 fully saturated rings. The molecule has 0 radical (unpaired) electrons. The van der Waals surface area contributed by atoms with E-state index in [1.54, 1.807) is 0 Å². The van der Waals surface area contributed by atoms with Crippen LogP contribution in [0.2, 0.25) is 0 Å². The zero-order chi connectivity index (χ0) is 11.6. The molecule has 0 aromatic rings. The van der Waals surface area contributed by atoms with Crippen LogP contribution in [-0.2, 0) is 4.79 Å². The van der Waals surface area contributed by atoms with Crippen LogP contribution in [0.3, 0.4) is 0 Å². The van der Waals surface area contributed by atoms with Crippen molar-refractivity contribution in [2.24, 2.45) is 17.6 Å². The number of nitrogens with two attached hydrogens (primary N) is 1. The zero-order valence-corrected chi connectivity index (χ0v) is 9.35. The van der Waals surface area contributed by atoms with Gasteiger partial charge in [-0.3, -0.25) is 4.79 Å². The highest BCUT2D eigenvalue weighted by molar-refractivity contribution is 5.85. The second-order valence-corrected chi connectivity index (χ2v) is 4.03. The van der Waals surface area contributed by atoms with Crippen LogP contribution >= 0.6 is 12.4 Å². The van der Waals surface area contributed by atoms with Gasteiger partial charge < -0.3 is 10.8 Å². The maximum Gasteiger partial charge on any atom is 0.391 e. The summed E-state index contributed by atoms with van der Waals surface area (Å²) in [5, 5.41) is 8.62. The lowest BCUT2D eigenvalue weighted by Crippen LogP contribution is -2.42. The van der Waals surface area contributed by atoms with Crippen molar-refractivity contribution in [1.29, 1.82) is 0 Å². The lowest BCUT2D eigenvalue weighted by molar-refractivity contribution is -0.187. The number of carboxylic acid groups (broad SMARTS) is 1. The van der Waals surface area contributed by atoms with Crippen molar-refractivity contribution in [1.82, 2.24) is 0 Å². The molecule has 1 rings (SSSR count). The van der Waals surface area contributed by atoms with E-state index in [9.17, 15) is 18.0 Å². The van der Waals surface area contributed by atoms with Crippen LogP contribution < -0.4 is 5.73 Å². The maximum atomic E-state index is 12.4. The Labute approximate surface area is 97.6 Å². The minimum absolute atomic E-state index is 0. The van der Waals surface area contributed by atoms with Crippen LogP contribution in [0.5, 0.6) is 0 Å². The van der Waals surface area contributed by atoms with Crippen molar-refractivity contribution in [3.8, 4) is 0 Å². The standard InChI is InChI=1S/C9H14F3NO2.ClH/c10-9(11,12)6-3-1-2-5(4-6)7(13)8(14)15;/h5-7H,1-4,13H2,(H,14,15);1H. The number of hydrogen-bond acceptors (Lipinski definition) is 2. The summed E-state index contributed by atoms with van der Waals surface area (Å²) in [6, 6.07) is -1.17. The average Bonchev–Trinajstić information content (AvgIpc) is 2.15. The van der Waals surface area contributed by atoms with Crippen LogP contribution in [0.15, 0.2) is 0 Å². The Kier molecular flexibility index (Phi) is 5.55. The van der Waals surface area contributed by atoms with Gasteiger partial charge in [-0.05, 0) is 25.2 Å². The third kappa shape index (κ3) is 3.83. The molecule has 3 nitrogen and oxygen atoms in total. The molecule has 1 aliphatic rings. The molecule has 0 amide bonds. The summed E-state index contributed by atoms with van der Waals surface area (Å²) in [5.41, 5.74) is 5.33. The largest absolute Gasteiger partial charge is 0.480 e. The lowest BCUT2D eigenvalue weighted by atomic mass is 9.77. The first-order chi connectivity index (χ1) is 6.82. The Morgan fingerprint density at radius 2 is 1.94 bits per heavy atom. The third-order valence-electron chi connectivity index (χ3n) is 2.97. The van der Waals surface area contributed by atoms with E-state index in [2.05, 4.69) is 0 Å². The summed E-state index contributed by atoms with van der Waals surface area (Å²) < 4.78 is 37.2. The highest BCUT2D eigenvalue weighted by Crippen LogP contribution is 2.40. The number of carboxylic acids is 1. The monoisotopic (exact) mass is 261 g/mol. The number of carbonyl (C=O) groups is 1. The summed E-state index contributed by atoms with van der Waals surface area (Å²) in [5.74, 6) is -3.16. The van der Waals surface area contributed by atoms with Gasteiger partial charge in [0.05, 0.1) is 5.92 Å². The Morgan fingerprint density at radius 1 is 1.38 bits per heavy atom. The summed E-state index contributed by atoms with van der Waals surface area (Å²) in [6.45, 7) is 0. The zero-order valence-electron chi connectivity index (χ0n) is 8.54. The summed E-state index contributed by atoms with van der Waals surface area (Å²) in [4.78, 5) is 10.5. The highest BCUT2D eigenvalue weighted by atomic mass is 35.5. The second-order valence-electron chi connectivity index (χ2n) is 4.03. The lowest BCUT2D eigenvalue weighted by Gasteiger charge is -2.32. The second kappa shape index (κ2) is 5.72. The van der Waals surface area contributed by atoms with Crippen LogP contribution in [0.1, 0.15) is 25.7 Å². The Morgan fingerprint density at radius 3 is 2.38 bits per heavy atom. The predicted molar refractivity (Wildman–Crippen MR) is 54.4 cm³/mol. The van der Waals surface area contributed by atoms with E-state index < -0.39 is 30.0 Å². The molecule has 0 aliphatic heterocycles. The molecule has 3 N–H and O–H groups in total. The Bertz CT molecular complexity index is 247. The molecule has 0 bridgehead atoms. The molecule has 3 atom stereocenters. The SMILES string of the molecule is Cl.NC(C(=O)O)C1CCCC(C(F)(F)F)C1. The molecule has 1 saturated carbocycles. The van der Waals surface area contributed by atoms with E-state index in [-0.39, 0.29) is 25.2 Å². The quantitative estimate of drug-likeness (QED) is 0.801.